The number of nitrogens with one attached hydrogen (secondary N) is 1. The van der Waals surface area contributed by atoms with E-state index in [0.717, 1.165) is 22.5 Å². The first kappa shape index (κ1) is 12.3. The van der Waals surface area contributed by atoms with Gasteiger partial charge in [-0.2, -0.15) is 0 Å². The second-order valence-electron chi connectivity index (χ2n) is 4.74. The van der Waals surface area contributed by atoms with E-state index in [1.54, 1.807) is 0 Å². The molecule has 1 amide bonds. The minimum absolute atomic E-state index is 0.166. The van der Waals surface area contributed by atoms with E-state index >= 15 is 0 Å². The summed E-state index contributed by atoms with van der Waals surface area (Å²) in [6.45, 7) is 0. The summed E-state index contributed by atoms with van der Waals surface area (Å²) in [6.07, 6.45) is 5.21. The average Bonchev–Trinajstić information content (AvgIpc) is 2.48. The molecule has 1 aliphatic heterocycles. The topological polar surface area (TPSA) is 32.3 Å². The number of carbonyl (C=O) groups excluding carboxylic acids is 1. The van der Waals surface area contributed by atoms with Gasteiger partial charge < -0.3 is 4.90 Å². The number of anilines is 2. The van der Waals surface area contributed by atoms with E-state index in [9.17, 15) is 4.79 Å². The van der Waals surface area contributed by atoms with Crippen molar-refractivity contribution in [1.29, 1.82) is 0 Å². The van der Waals surface area contributed by atoms with Crippen LogP contribution in [0.4, 0.5) is 11.4 Å². The van der Waals surface area contributed by atoms with Crippen molar-refractivity contribution in [1.82, 2.24) is 5.32 Å². The van der Waals surface area contributed by atoms with Crippen LogP contribution < -0.4 is 10.2 Å². The highest BCUT2D eigenvalue weighted by Crippen LogP contribution is 2.44. The van der Waals surface area contributed by atoms with Crippen molar-refractivity contribution < 1.29 is 4.79 Å². The van der Waals surface area contributed by atoms with Gasteiger partial charge in [0.05, 0.1) is 5.92 Å². The maximum absolute atomic E-state index is 12.4. The molecule has 3 heteroatoms. The van der Waals surface area contributed by atoms with Crippen molar-refractivity contribution >= 4 is 17.3 Å². The smallest absolute Gasteiger partial charge is 0.243 e. The van der Waals surface area contributed by atoms with Gasteiger partial charge in [0.1, 0.15) is 0 Å². The number of fused-ring (bicyclic) bond motifs is 2. The molecule has 0 spiro atoms. The van der Waals surface area contributed by atoms with Crippen molar-refractivity contribution in [2.75, 3.05) is 11.9 Å². The van der Waals surface area contributed by atoms with Gasteiger partial charge in [0.25, 0.3) is 0 Å². The van der Waals surface area contributed by atoms with Crippen molar-refractivity contribution in [3.8, 4) is 12.5 Å². The number of benzene rings is 2. The summed E-state index contributed by atoms with van der Waals surface area (Å²) in [5.41, 5.74) is 4.01. The molecule has 98 valence electrons. The van der Waals surface area contributed by atoms with Crippen LogP contribution in [0.25, 0.3) is 0 Å². The van der Waals surface area contributed by atoms with Crippen LogP contribution in [0, 0.1) is 12.5 Å². The number of nitrogens with zero attached hydrogens (tertiary/aromatic N) is 1. The van der Waals surface area contributed by atoms with Crippen LogP contribution in [0.15, 0.2) is 48.5 Å². The van der Waals surface area contributed by atoms with Crippen LogP contribution in [0.1, 0.15) is 17.0 Å². The molecule has 0 aromatic heterocycles. The lowest BCUT2D eigenvalue weighted by molar-refractivity contribution is -0.120. The highest BCUT2D eigenvalue weighted by molar-refractivity contribution is 5.94. The van der Waals surface area contributed by atoms with E-state index in [1.165, 1.54) is 0 Å². The van der Waals surface area contributed by atoms with E-state index in [0.29, 0.717) is 0 Å². The molecule has 3 nitrogen and oxygen atoms in total. The minimum Gasteiger partial charge on any atom is -0.344 e. The molecule has 1 N–H and O–H groups in total. The van der Waals surface area contributed by atoms with E-state index in [2.05, 4.69) is 16.3 Å². The molecule has 0 unspecified atom stereocenters. The zero-order valence-electron chi connectivity index (χ0n) is 11.1. The molecule has 20 heavy (non-hydrogen) atoms. The van der Waals surface area contributed by atoms with Gasteiger partial charge in [0, 0.05) is 24.5 Å². The highest BCUT2D eigenvalue weighted by atomic mass is 16.1. The Kier molecular flexibility index (Phi) is 2.92. The Balaban J connectivity index is 2.23. The maximum Gasteiger partial charge on any atom is 0.243 e. The van der Waals surface area contributed by atoms with Crippen LogP contribution in [-0.2, 0) is 4.79 Å². The minimum atomic E-state index is -0.366. The molecule has 0 atom stereocenters. The summed E-state index contributed by atoms with van der Waals surface area (Å²) in [6, 6.07) is 18.0. The maximum atomic E-state index is 12.4. The monoisotopic (exact) mass is 262 g/mol. The molecule has 0 radical (unpaired) electrons. The van der Waals surface area contributed by atoms with Crippen LogP contribution >= 0.6 is 0 Å². The second kappa shape index (κ2) is 4.75. The SMILES string of the molecule is C#CNC(=O)C1c2ccccc2N(C)c2ccccc21. The third-order valence-corrected chi connectivity index (χ3v) is 3.68. The molecule has 1 heterocycles. The molecule has 1 aliphatic rings. The lowest BCUT2D eigenvalue weighted by Crippen LogP contribution is -2.31. The van der Waals surface area contributed by atoms with Crippen molar-refractivity contribution in [2.24, 2.45) is 0 Å². The zero-order valence-corrected chi connectivity index (χ0v) is 11.1. The number of para-hydroxylation sites is 2. The molecule has 0 fully saturated rings. The second-order valence-corrected chi connectivity index (χ2v) is 4.74. The normalized spacial score (nSPS) is 13.1. The Labute approximate surface area is 118 Å². The summed E-state index contributed by atoms with van der Waals surface area (Å²) in [7, 11) is 2.01. The molecule has 2 aromatic carbocycles. The lowest BCUT2D eigenvalue weighted by atomic mass is 9.84. The van der Waals surface area contributed by atoms with Crippen LogP contribution in [0.3, 0.4) is 0 Å². The number of hydrogen-bond acceptors (Lipinski definition) is 2. The number of terminal acetylenes is 1. The van der Waals surface area contributed by atoms with E-state index < -0.39 is 0 Å². The summed E-state index contributed by atoms with van der Waals surface area (Å²) >= 11 is 0. The van der Waals surface area contributed by atoms with Crippen LogP contribution in [0.2, 0.25) is 0 Å². The van der Waals surface area contributed by atoms with E-state index in [-0.39, 0.29) is 11.8 Å². The Morgan fingerprint density at radius 1 is 1.10 bits per heavy atom. The molecule has 0 saturated heterocycles. The third-order valence-electron chi connectivity index (χ3n) is 3.68. The van der Waals surface area contributed by atoms with Crippen molar-refractivity contribution in [3.63, 3.8) is 0 Å². The van der Waals surface area contributed by atoms with Crippen LogP contribution in [0.5, 0.6) is 0 Å². The molecular weight excluding hydrogens is 248 g/mol. The van der Waals surface area contributed by atoms with Gasteiger partial charge in [-0.3, -0.25) is 10.1 Å². The fourth-order valence-electron chi connectivity index (χ4n) is 2.80. The van der Waals surface area contributed by atoms with Crippen LogP contribution in [-0.4, -0.2) is 13.0 Å². The average molecular weight is 262 g/mol. The predicted molar refractivity (Wildman–Crippen MR) is 79.8 cm³/mol. The summed E-state index contributed by atoms with van der Waals surface area (Å²) in [5, 5.41) is 2.48. The van der Waals surface area contributed by atoms with Gasteiger partial charge in [-0.05, 0) is 23.3 Å². The Morgan fingerprint density at radius 3 is 2.10 bits per heavy atom. The van der Waals surface area contributed by atoms with Gasteiger partial charge >= 0.3 is 0 Å². The third kappa shape index (κ3) is 1.74. The fourth-order valence-corrected chi connectivity index (χ4v) is 2.80. The molecule has 0 bridgehead atoms. The Morgan fingerprint density at radius 2 is 1.60 bits per heavy atom. The van der Waals surface area contributed by atoms with Gasteiger partial charge in [-0.1, -0.05) is 42.8 Å². The predicted octanol–water partition coefficient (Wildman–Crippen LogP) is 2.61. The Hall–Kier alpha value is -2.73. The summed E-state index contributed by atoms with van der Waals surface area (Å²) in [4.78, 5) is 14.5. The molecule has 0 aliphatic carbocycles. The van der Waals surface area contributed by atoms with Gasteiger partial charge in [0.2, 0.25) is 5.91 Å². The number of rotatable bonds is 1. The standard InChI is InChI=1S/C17H14N2O/c1-3-18-17(20)16-12-8-4-6-10-14(12)19(2)15-11-7-5-9-13(15)16/h1,4-11,16H,2H3,(H,18,20). The Bertz CT molecular complexity index is 667. The van der Waals surface area contributed by atoms with Gasteiger partial charge in [-0.25, -0.2) is 0 Å². The first-order chi connectivity index (χ1) is 9.74. The quantitative estimate of drug-likeness (QED) is 0.633. The van der Waals surface area contributed by atoms with Gasteiger partial charge in [-0.15, -0.1) is 0 Å². The molecule has 2 aromatic rings. The van der Waals surface area contributed by atoms with Gasteiger partial charge in [0.15, 0.2) is 0 Å². The number of carbonyl (C=O) groups is 1. The highest BCUT2D eigenvalue weighted by Gasteiger charge is 2.32. The first-order valence-electron chi connectivity index (χ1n) is 6.41. The number of amides is 1. The summed E-state index contributed by atoms with van der Waals surface area (Å²) in [5.74, 6) is -0.532. The molecule has 3 rings (SSSR count). The number of hydrogen-bond donors (Lipinski definition) is 1. The van der Waals surface area contributed by atoms with Crippen molar-refractivity contribution in [2.45, 2.75) is 5.92 Å². The zero-order chi connectivity index (χ0) is 14.1. The summed E-state index contributed by atoms with van der Waals surface area (Å²) < 4.78 is 0. The fraction of sp³-hybridized carbons (Fsp3) is 0.118. The molecule has 0 saturated carbocycles. The lowest BCUT2D eigenvalue weighted by Gasteiger charge is -2.34. The first-order valence-corrected chi connectivity index (χ1v) is 6.41. The van der Waals surface area contributed by atoms with E-state index in [4.69, 9.17) is 6.42 Å². The molecular formula is C17H14N2O. The largest absolute Gasteiger partial charge is 0.344 e. The van der Waals surface area contributed by atoms with E-state index in [1.807, 2.05) is 55.6 Å². The van der Waals surface area contributed by atoms with Crippen molar-refractivity contribution in [3.05, 3.63) is 59.7 Å².